The zero-order valence-electron chi connectivity index (χ0n) is 12.9. The first-order chi connectivity index (χ1) is 11.7. The van der Waals surface area contributed by atoms with Gasteiger partial charge in [0, 0.05) is 22.4 Å². The van der Waals surface area contributed by atoms with Gasteiger partial charge in [-0.05, 0) is 43.5 Å². The number of rotatable bonds is 3. The Kier molecular flexibility index (Phi) is 3.90. The molecule has 25 heavy (non-hydrogen) atoms. The zero-order chi connectivity index (χ0) is 18.4. The van der Waals surface area contributed by atoms with Gasteiger partial charge in [0.05, 0.1) is 4.90 Å². The first-order valence-electron chi connectivity index (χ1n) is 7.09. The predicted molar refractivity (Wildman–Crippen MR) is 90.6 cm³/mol. The van der Waals surface area contributed by atoms with Gasteiger partial charge in [0.25, 0.3) is 5.91 Å². The van der Waals surface area contributed by atoms with E-state index in [0.29, 0.717) is 11.3 Å². The molecule has 0 radical (unpaired) electrons. The molecule has 8 nitrogen and oxygen atoms in total. The maximum atomic E-state index is 12.2. The van der Waals surface area contributed by atoms with Crippen LogP contribution in [0.5, 0.6) is 17.2 Å². The normalized spacial score (nSPS) is 15.2. The number of phenols is 3. The highest BCUT2D eigenvalue weighted by Gasteiger charge is 2.27. The number of aromatic hydroxyl groups is 3. The standard InChI is InChI=1S/C16H14N2O6S/c1-17-25(23,24)9-3-4-12-10(7-9)11(16(22)18-12)6-8-2-5-13(19)15(21)14(8)20/h2-7,17,19-21H,1H3,(H,18,22). The van der Waals surface area contributed by atoms with Crippen molar-refractivity contribution in [3.63, 3.8) is 0 Å². The fraction of sp³-hybridized carbons (Fsp3) is 0.0625. The van der Waals surface area contributed by atoms with Crippen LogP contribution in [0, 0.1) is 0 Å². The maximum absolute atomic E-state index is 12.2. The summed E-state index contributed by atoms with van der Waals surface area (Å²) in [5.41, 5.74) is 0.973. The average Bonchev–Trinajstić information content (AvgIpc) is 2.90. The van der Waals surface area contributed by atoms with Crippen LogP contribution >= 0.6 is 0 Å². The van der Waals surface area contributed by atoms with Crippen molar-refractivity contribution in [2.45, 2.75) is 4.90 Å². The summed E-state index contributed by atoms with van der Waals surface area (Å²) in [5.74, 6) is -2.29. The molecule has 0 unspecified atom stereocenters. The smallest absolute Gasteiger partial charge is 0.256 e. The third-order valence-electron chi connectivity index (χ3n) is 3.81. The highest BCUT2D eigenvalue weighted by molar-refractivity contribution is 7.89. The van der Waals surface area contributed by atoms with E-state index in [1.165, 1.54) is 37.4 Å². The third-order valence-corrected chi connectivity index (χ3v) is 5.23. The number of nitrogens with one attached hydrogen (secondary N) is 2. The van der Waals surface area contributed by atoms with Gasteiger partial charge >= 0.3 is 0 Å². The van der Waals surface area contributed by atoms with Crippen LogP contribution in [0.25, 0.3) is 11.6 Å². The van der Waals surface area contributed by atoms with E-state index in [1.54, 1.807) is 0 Å². The van der Waals surface area contributed by atoms with Crippen molar-refractivity contribution in [3.8, 4) is 17.2 Å². The van der Waals surface area contributed by atoms with E-state index in [1.807, 2.05) is 0 Å². The van der Waals surface area contributed by atoms with E-state index < -0.39 is 33.2 Å². The van der Waals surface area contributed by atoms with Gasteiger partial charge in [-0.1, -0.05) is 0 Å². The van der Waals surface area contributed by atoms with Crippen LogP contribution in [0.3, 0.4) is 0 Å². The Morgan fingerprint density at radius 2 is 1.80 bits per heavy atom. The van der Waals surface area contributed by atoms with Gasteiger partial charge < -0.3 is 20.6 Å². The van der Waals surface area contributed by atoms with Gasteiger partial charge in [0.15, 0.2) is 11.5 Å². The van der Waals surface area contributed by atoms with Crippen LogP contribution in [0.4, 0.5) is 5.69 Å². The molecule has 2 aromatic rings. The minimum Gasteiger partial charge on any atom is -0.504 e. The van der Waals surface area contributed by atoms with Crippen LogP contribution in [0.2, 0.25) is 0 Å². The number of amides is 1. The van der Waals surface area contributed by atoms with Crippen LogP contribution in [-0.2, 0) is 14.8 Å². The Labute approximate surface area is 143 Å². The fourth-order valence-electron chi connectivity index (χ4n) is 2.45. The zero-order valence-corrected chi connectivity index (χ0v) is 13.8. The molecule has 5 N–H and O–H groups in total. The molecule has 0 fully saturated rings. The Hall–Kier alpha value is -3.04. The van der Waals surface area contributed by atoms with Crippen LogP contribution in [0.15, 0.2) is 35.2 Å². The van der Waals surface area contributed by atoms with Crippen molar-refractivity contribution in [2.75, 3.05) is 12.4 Å². The molecule has 1 aliphatic heterocycles. The number of carbonyl (C=O) groups excluding carboxylic acids is 1. The monoisotopic (exact) mass is 362 g/mol. The number of phenolic OH excluding ortho intramolecular Hbond substituents is 3. The lowest BCUT2D eigenvalue weighted by atomic mass is 10.0. The Morgan fingerprint density at radius 3 is 2.48 bits per heavy atom. The molecule has 0 atom stereocenters. The molecule has 1 heterocycles. The van der Waals surface area contributed by atoms with E-state index >= 15 is 0 Å². The molecule has 1 amide bonds. The van der Waals surface area contributed by atoms with Crippen molar-refractivity contribution in [1.82, 2.24) is 4.72 Å². The van der Waals surface area contributed by atoms with Crippen molar-refractivity contribution in [3.05, 3.63) is 41.5 Å². The van der Waals surface area contributed by atoms with E-state index in [9.17, 15) is 28.5 Å². The first kappa shape index (κ1) is 16.8. The molecule has 1 aliphatic rings. The molecule has 0 aromatic heterocycles. The Balaban J connectivity index is 2.16. The quantitative estimate of drug-likeness (QED) is 0.411. The Morgan fingerprint density at radius 1 is 1.08 bits per heavy atom. The number of anilines is 1. The van der Waals surface area contributed by atoms with E-state index in [-0.39, 0.29) is 16.0 Å². The lowest BCUT2D eigenvalue weighted by Gasteiger charge is -2.06. The van der Waals surface area contributed by atoms with E-state index in [0.717, 1.165) is 6.07 Å². The van der Waals surface area contributed by atoms with Gasteiger partial charge in [0.1, 0.15) is 0 Å². The fourth-order valence-corrected chi connectivity index (χ4v) is 3.21. The molecule has 130 valence electrons. The molecule has 3 rings (SSSR count). The lowest BCUT2D eigenvalue weighted by Crippen LogP contribution is -2.18. The molecule has 0 bridgehead atoms. The molecule has 0 spiro atoms. The lowest BCUT2D eigenvalue weighted by molar-refractivity contribution is -0.110. The van der Waals surface area contributed by atoms with E-state index in [4.69, 9.17) is 0 Å². The molecular weight excluding hydrogens is 348 g/mol. The molecule has 9 heteroatoms. The molecule has 0 saturated heterocycles. The largest absolute Gasteiger partial charge is 0.504 e. The van der Waals surface area contributed by atoms with Gasteiger partial charge in [-0.2, -0.15) is 0 Å². The van der Waals surface area contributed by atoms with Crippen LogP contribution in [-0.4, -0.2) is 36.7 Å². The topological polar surface area (TPSA) is 136 Å². The Bertz CT molecular complexity index is 1030. The summed E-state index contributed by atoms with van der Waals surface area (Å²) >= 11 is 0. The molecule has 2 aromatic carbocycles. The van der Waals surface area contributed by atoms with Crippen LogP contribution < -0.4 is 10.0 Å². The van der Waals surface area contributed by atoms with Crippen LogP contribution in [0.1, 0.15) is 11.1 Å². The summed E-state index contributed by atoms with van der Waals surface area (Å²) in [7, 11) is -2.42. The second kappa shape index (κ2) is 5.80. The summed E-state index contributed by atoms with van der Waals surface area (Å²) < 4.78 is 26.1. The van der Waals surface area contributed by atoms with Gasteiger partial charge in [0.2, 0.25) is 15.8 Å². The highest BCUT2D eigenvalue weighted by Crippen LogP contribution is 2.40. The molecule has 0 aliphatic carbocycles. The van der Waals surface area contributed by atoms with Crippen molar-refractivity contribution in [2.24, 2.45) is 0 Å². The maximum Gasteiger partial charge on any atom is 0.256 e. The highest BCUT2D eigenvalue weighted by atomic mass is 32.2. The second-order valence-corrected chi connectivity index (χ2v) is 7.18. The third kappa shape index (κ3) is 2.79. The summed E-state index contributed by atoms with van der Waals surface area (Å²) in [6.07, 6.45) is 1.30. The van der Waals surface area contributed by atoms with Crippen molar-refractivity contribution >= 4 is 33.3 Å². The minimum atomic E-state index is -3.69. The number of carbonyl (C=O) groups is 1. The number of hydrogen-bond donors (Lipinski definition) is 5. The first-order valence-corrected chi connectivity index (χ1v) is 8.58. The summed E-state index contributed by atoms with van der Waals surface area (Å²) in [6.45, 7) is 0. The van der Waals surface area contributed by atoms with Crippen molar-refractivity contribution < 1.29 is 28.5 Å². The molecular formula is C16H14N2O6S. The second-order valence-electron chi connectivity index (χ2n) is 5.30. The van der Waals surface area contributed by atoms with Crippen molar-refractivity contribution in [1.29, 1.82) is 0 Å². The predicted octanol–water partition coefficient (Wildman–Crippen LogP) is 1.20. The SMILES string of the molecule is CNS(=O)(=O)c1ccc2c(c1)C(=Cc1ccc(O)c(O)c1O)C(=O)N2. The van der Waals surface area contributed by atoms with Gasteiger partial charge in [-0.25, -0.2) is 13.1 Å². The summed E-state index contributed by atoms with van der Waals surface area (Å²) in [5, 5.41) is 31.4. The average molecular weight is 362 g/mol. The van der Waals surface area contributed by atoms with E-state index in [2.05, 4.69) is 10.0 Å². The minimum absolute atomic E-state index is 0.0195. The van der Waals surface area contributed by atoms with Gasteiger partial charge in [-0.15, -0.1) is 0 Å². The number of hydrogen-bond acceptors (Lipinski definition) is 6. The summed E-state index contributed by atoms with van der Waals surface area (Å²) in [4.78, 5) is 12.2. The summed E-state index contributed by atoms with van der Waals surface area (Å²) in [6, 6.07) is 6.64. The number of sulfonamides is 1. The number of benzene rings is 2. The number of fused-ring (bicyclic) bond motifs is 1. The molecule has 0 saturated carbocycles. The van der Waals surface area contributed by atoms with Gasteiger partial charge in [-0.3, -0.25) is 4.79 Å².